The van der Waals surface area contributed by atoms with Crippen LogP contribution in [0.3, 0.4) is 0 Å². The first kappa shape index (κ1) is 15.2. The monoisotopic (exact) mass is 299 g/mol. The average molecular weight is 299 g/mol. The maximum atomic E-state index is 12.5. The summed E-state index contributed by atoms with van der Waals surface area (Å²) in [6, 6.07) is 6.50. The molecule has 6 nitrogen and oxygen atoms in total. The number of likely N-dealkylation sites (N-methyl/N-ethyl adjacent to an activating group) is 1. The van der Waals surface area contributed by atoms with Gasteiger partial charge in [0.2, 0.25) is 10.0 Å². The predicted octanol–water partition coefficient (Wildman–Crippen LogP) is -0.0398. The summed E-state index contributed by atoms with van der Waals surface area (Å²) < 4.78 is 31.8. The summed E-state index contributed by atoms with van der Waals surface area (Å²) >= 11 is 0. The fourth-order valence-electron chi connectivity index (χ4n) is 2.06. The minimum absolute atomic E-state index is 0.308. The highest BCUT2D eigenvalue weighted by Gasteiger charge is 2.27. The molecule has 112 valence electrons. The Hall–Kier alpha value is -1.15. The highest BCUT2D eigenvalue weighted by molar-refractivity contribution is 7.89. The summed E-state index contributed by atoms with van der Waals surface area (Å²) in [5.74, 6) is 0.632. The molecule has 1 fully saturated rings. The molecule has 20 heavy (non-hydrogen) atoms. The number of piperazine rings is 1. The van der Waals surface area contributed by atoms with Crippen molar-refractivity contribution in [1.29, 1.82) is 0 Å². The lowest BCUT2D eigenvalue weighted by atomic mass is 10.3. The molecule has 0 amide bonds. The Kier molecular flexibility index (Phi) is 4.98. The zero-order valence-corrected chi connectivity index (χ0v) is 12.5. The van der Waals surface area contributed by atoms with E-state index in [9.17, 15) is 8.42 Å². The largest absolute Gasteiger partial charge is 0.492 e. The van der Waals surface area contributed by atoms with Gasteiger partial charge in [0.15, 0.2) is 0 Å². The molecule has 0 unspecified atom stereocenters. The fourth-order valence-corrected chi connectivity index (χ4v) is 3.48. The Morgan fingerprint density at radius 1 is 1.15 bits per heavy atom. The molecule has 0 spiro atoms. The first-order valence-electron chi connectivity index (χ1n) is 6.65. The fraction of sp³-hybridized carbons (Fsp3) is 0.538. The van der Waals surface area contributed by atoms with Crippen LogP contribution < -0.4 is 10.5 Å². The number of rotatable bonds is 5. The van der Waals surface area contributed by atoms with Crippen molar-refractivity contribution in [2.45, 2.75) is 4.90 Å². The van der Waals surface area contributed by atoms with Gasteiger partial charge in [0.05, 0.1) is 4.90 Å². The smallest absolute Gasteiger partial charge is 0.243 e. The first-order chi connectivity index (χ1) is 9.54. The highest BCUT2D eigenvalue weighted by atomic mass is 32.2. The van der Waals surface area contributed by atoms with Gasteiger partial charge in [-0.25, -0.2) is 8.42 Å². The minimum Gasteiger partial charge on any atom is -0.492 e. The summed E-state index contributed by atoms with van der Waals surface area (Å²) in [5.41, 5.74) is 5.35. The number of sulfonamides is 1. The van der Waals surface area contributed by atoms with Crippen LogP contribution in [0.25, 0.3) is 0 Å². The van der Waals surface area contributed by atoms with Crippen molar-refractivity contribution in [3.63, 3.8) is 0 Å². The van der Waals surface area contributed by atoms with Crippen LogP contribution in [0, 0.1) is 0 Å². The third-order valence-electron chi connectivity index (χ3n) is 3.31. The van der Waals surface area contributed by atoms with E-state index in [1.807, 2.05) is 7.05 Å². The summed E-state index contributed by atoms with van der Waals surface area (Å²) in [6.07, 6.45) is 0. The van der Waals surface area contributed by atoms with Crippen molar-refractivity contribution < 1.29 is 13.2 Å². The number of hydrogen-bond acceptors (Lipinski definition) is 5. The van der Waals surface area contributed by atoms with Crippen molar-refractivity contribution in [2.75, 3.05) is 46.4 Å². The van der Waals surface area contributed by atoms with Gasteiger partial charge in [0.1, 0.15) is 12.4 Å². The van der Waals surface area contributed by atoms with Gasteiger partial charge < -0.3 is 15.4 Å². The third-order valence-corrected chi connectivity index (χ3v) is 5.22. The van der Waals surface area contributed by atoms with Crippen molar-refractivity contribution in [3.8, 4) is 5.75 Å². The maximum Gasteiger partial charge on any atom is 0.243 e. The lowest BCUT2D eigenvalue weighted by Crippen LogP contribution is -2.46. The summed E-state index contributed by atoms with van der Waals surface area (Å²) in [4.78, 5) is 2.43. The zero-order chi connectivity index (χ0) is 14.6. The van der Waals surface area contributed by atoms with Gasteiger partial charge in [0.25, 0.3) is 0 Å². The standard InChI is InChI=1S/C13H21N3O3S/c1-15-7-9-16(10-8-15)20(17,18)13-4-2-12(3-5-13)19-11-6-14/h2-5H,6-11,14H2,1H3. The molecule has 2 rings (SSSR count). The quantitative estimate of drug-likeness (QED) is 0.826. The Balaban J connectivity index is 2.09. The SMILES string of the molecule is CN1CCN(S(=O)(=O)c2ccc(OCCN)cc2)CC1. The summed E-state index contributed by atoms with van der Waals surface area (Å²) in [7, 11) is -1.40. The van der Waals surface area contributed by atoms with Crippen LogP contribution in [0.5, 0.6) is 5.75 Å². The van der Waals surface area contributed by atoms with E-state index >= 15 is 0 Å². The van der Waals surface area contributed by atoms with Crippen LogP contribution >= 0.6 is 0 Å². The predicted molar refractivity (Wildman–Crippen MR) is 77.2 cm³/mol. The van der Waals surface area contributed by atoms with Crippen molar-refractivity contribution >= 4 is 10.0 Å². The van der Waals surface area contributed by atoms with Crippen molar-refractivity contribution in [3.05, 3.63) is 24.3 Å². The highest BCUT2D eigenvalue weighted by Crippen LogP contribution is 2.20. The van der Waals surface area contributed by atoms with Crippen LogP contribution in [-0.2, 0) is 10.0 Å². The van der Waals surface area contributed by atoms with Gasteiger partial charge in [-0.2, -0.15) is 4.31 Å². The van der Waals surface area contributed by atoms with Gasteiger partial charge in [-0.3, -0.25) is 0 Å². The molecule has 1 aliphatic rings. The number of nitrogens with two attached hydrogens (primary N) is 1. The molecule has 1 aliphatic heterocycles. The van der Waals surface area contributed by atoms with Crippen LogP contribution in [-0.4, -0.2) is 64.0 Å². The Morgan fingerprint density at radius 3 is 2.30 bits per heavy atom. The van der Waals surface area contributed by atoms with E-state index in [0.717, 1.165) is 13.1 Å². The second kappa shape index (κ2) is 6.53. The first-order valence-corrected chi connectivity index (χ1v) is 8.09. The van der Waals surface area contributed by atoms with E-state index in [2.05, 4.69) is 4.90 Å². The topological polar surface area (TPSA) is 75.9 Å². The second-order valence-corrected chi connectivity index (χ2v) is 6.75. The average Bonchev–Trinajstić information content (AvgIpc) is 2.46. The van der Waals surface area contributed by atoms with E-state index in [0.29, 0.717) is 36.9 Å². The number of hydrogen-bond donors (Lipinski definition) is 1. The normalized spacial score (nSPS) is 18.1. The molecule has 0 radical (unpaired) electrons. The molecule has 0 saturated carbocycles. The number of ether oxygens (including phenoxy) is 1. The van der Waals surface area contributed by atoms with E-state index in [-0.39, 0.29) is 0 Å². The van der Waals surface area contributed by atoms with Gasteiger partial charge >= 0.3 is 0 Å². The Morgan fingerprint density at radius 2 is 1.75 bits per heavy atom. The molecule has 7 heteroatoms. The number of nitrogens with zero attached hydrogens (tertiary/aromatic N) is 2. The maximum absolute atomic E-state index is 12.5. The van der Waals surface area contributed by atoms with E-state index < -0.39 is 10.0 Å². The Bertz CT molecular complexity index is 522. The molecular weight excluding hydrogens is 278 g/mol. The van der Waals surface area contributed by atoms with Crippen molar-refractivity contribution in [2.24, 2.45) is 5.73 Å². The van der Waals surface area contributed by atoms with Crippen LogP contribution in [0.2, 0.25) is 0 Å². The molecule has 0 aromatic heterocycles. The molecule has 2 N–H and O–H groups in total. The lowest BCUT2D eigenvalue weighted by Gasteiger charge is -2.31. The molecule has 1 aromatic carbocycles. The third kappa shape index (κ3) is 3.49. The van der Waals surface area contributed by atoms with Gasteiger partial charge in [0, 0.05) is 32.7 Å². The van der Waals surface area contributed by atoms with Crippen LogP contribution in [0.4, 0.5) is 0 Å². The van der Waals surface area contributed by atoms with Gasteiger partial charge in [-0.05, 0) is 31.3 Å². The summed E-state index contributed by atoms with van der Waals surface area (Å²) in [6.45, 7) is 3.44. The van der Waals surface area contributed by atoms with Crippen LogP contribution in [0.1, 0.15) is 0 Å². The van der Waals surface area contributed by atoms with Gasteiger partial charge in [-0.15, -0.1) is 0 Å². The molecule has 1 heterocycles. The molecule has 0 bridgehead atoms. The summed E-state index contributed by atoms with van der Waals surface area (Å²) in [5, 5.41) is 0. The molecule has 0 atom stereocenters. The van der Waals surface area contributed by atoms with E-state index in [4.69, 9.17) is 10.5 Å². The molecule has 0 aliphatic carbocycles. The van der Waals surface area contributed by atoms with E-state index in [1.165, 1.54) is 4.31 Å². The van der Waals surface area contributed by atoms with Crippen LogP contribution in [0.15, 0.2) is 29.2 Å². The molecule has 1 saturated heterocycles. The second-order valence-electron chi connectivity index (χ2n) is 4.82. The van der Waals surface area contributed by atoms with Gasteiger partial charge in [-0.1, -0.05) is 0 Å². The minimum atomic E-state index is -3.40. The number of benzene rings is 1. The van der Waals surface area contributed by atoms with E-state index in [1.54, 1.807) is 24.3 Å². The lowest BCUT2D eigenvalue weighted by molar-refractivity contribution is 0.222. The van der Waals surface area contributed by atoms with Crippen molar-refractivity contribution in [1.82, 2.24) is 9.21 Å². The molecular formula is C13H21N3O3S. The molecule has 1 aromatic rings. The zero-order valence-electron chi connectivity index (χ0n) is 11.7. The Labute approximate surface area is 120 Å².